The molecule has 1 aliphatic rings. The van der Waals surface area contributed by atoms with Crippen molar-refractivity contribution in [1.82, 2.24) is 19.4 Å². The topological polar surface area (TPSA) is 93.7 Å². The van der Waals surface area contributed by atoms with E-state index in [0.717, 1.165) is 35.2 Å². The fourth-order valence-corrected chi connectivity index (χ4v) is 3.57. The van der Waals surface area contributed by atoms with Gasteiger partial charge in [-0.25, -0.2) is 4.52 Å². The quantitative estimate of drug-likeness (QED) is 0.482. The van der Waals surface area contributed by atoms with Crippen LogP contribution < -0.4 is 10.1 Å². The largest absolute Gasteiger partial charge is 0.487 e. The molecule has 0 spiro atoms. The normalized spacial score (nSPS) is 14.5. The standard InChI is InChI=1S/C23H23N5O3/c1-27-22(20(13-24-27)31-14-19(29)15-5-3-2-4-6-15)17-9-10-28-18(11-17)12-21(26-28)25-23(30)16-7-8-16/h2-6,9-13,16,19,29H,7-8,14H2,1H3,(H,25,26,30). The highest BCUT2D eigenvalue weighted by atomic mass is 16.5. The maximum absolute atomic E-state index is 12.0. The maximum atomic E-state index is 12.0. The van der Waals surface area contributed by atoms with Crippen LogP contribution in [0, 0.1) is 5.92 Å². The van der Waals surface area contributed by atoms with Gasteiger partial charge in [-0.1, -0.05) is 30.3 Å². The van der Waals surface area contributed by atoms with E-state index in [4.69, 9.17) is 4.74 Å². The van der Waals surface area contributed by atoms with Crippen LogP contribution in [-0.4, -0.2) is 37.0 Å². The van der Waals surface area contributed by atoms with Gasteiger partial charge in [0.2, 0.25) is 5.91 Å². The third-order valence-electron chi connectivity index (χ3n) is 5.42. The highest BCUT2D eigenvalue weighted by molar-refractivity contribution is 5.93. The smallest absolute Gasteiger partial charge is 0.228 e. The number of carbonyl (C=O) groups excluding carboxylic acids is 1. The third-order valence-corrected chi connectivity index (χ3v) is 5.42. The van der Waals surface area contributed by atoms with Crippen molar-refractivity contribution in [3.63, 3.8) is 0 Å². The molecule has 3 heterocycles. The van der Waals surface area contributed by atoms with Crippen LogP contribution in [0.2, 0.25) is 0 Å². The van der Waals surface area contributed by atoms with E-state index in [1.807, 2.05) is 61.8 Å². The zero-order valence-electron chi connectivity index (χ0n) is 17.1. The Morgan fingerprint density at radius 3 is 2.84 bits per heavy atom. The first-order valence-electron chi connectivity index (χ1n) is 10.3. The van der Waals surface area contributed by atoms with Crippen molar-refractivity contribution < 1.29 is 14.6 Å². The number of rotatable bonds is 7. The number of amides is 1. The molecule has 1 atom stereocenters. The molecule has 1 fully saturated rings. The summed E-state index contributed by atoms with van der Waals surface area (Å²) in [5.74, 6) is 1.29. The van der Waals surface area contributed by atoms with Gasteiger partial charge in [-0.2, -0.15) is 10.2 Å². The molecule has 0 radical (unpaired) electrons. The number of hydrogen-bond acceptors (Lipinski definition) is 5. The van der Waals surface area contributed by atoms with E-state index in [1.54, 1.807) is 15.4 Å². The summed E-state index contributed by atoms with van der Waals surface area (Å²) >= 11 is 0. The first-order chi connectivity index (χ1) is 15.1. The molecule has 4 aromatic rings. The zero-order chi connectivity index (χ0) is 21.4. The molecule has 2 N–H and O–H groups in total. The molecule has 0 bridgehead atoms. The van der Waals surface area contributed by atoms with Crippen molar-refractivity contribution in [2.45, 2.75) is 18.9 Å². The number of hydrogen-bond donors (Lipinski definition) is 2. The lowest BCUT2D eigenvalue weighted by Gasteiger charge is -2.13. The molecule has 0 saturated heterocycles. The Kier molecular flexibility index (Phi) is 4.91. The summed E-state index contributed by atoms with van der Waals surface area (Å²) < 4.78 is 9.38. The van der Waals surface area contributed by atoms with E-state index in [-0.39, 0.29) is 18.4 Å². The number of ether oxygens (including phenoxy) is 1. The molecule has 5 rings (SSSR count). The van der Waals surface area contributed by atoms with Gasteiger partial charge in [-0.15, -0.1) is 0 Å². The van der Waals surface area contributed by atoms with Gasteiger partial charge in [0.05, 0.1) is 11.7 Å². The number of aliphatic hydroxyl groups excluding tert-OH is 1. The molecule has 1 aliphatic carbocycles. The molecule has 1 aromatic carbocycles. The van der Waals surface area contributed by atoms with Crippen molar-refractivity contribution in [3.05, 3.63) is 66.5 Å². The van der Waals surface area contributed by atoms with Crippen LogP contribution >= 0.6 is 0 Å². The summed E-state index contributed by atoms with van der Waals surface area (Å²) in [6, 6.07) is 15.1. The lowest BCUT2D eigenvalue weighted by Crippen LogP contribution is -2.13. The van der Waals surface area contributed by atoms with Gasteiger partial charge in [0.25, 0.3) is 0 Å². The molecule has 1 amide bonds. The summed E-state index contributed by atoms with van der Waals surface area (Å²) in [4.78, 5) is 12.0. The molecule has 0 aliphatic heterocycles. The Morgan fingerprint density at radius 2 is 2.06 bits per heavy atom. The first kappa shape index (κ1) is 19.3. The van der Waals surface area contributed by atoms with E-state index in [2.05, 4.69) is 15.5 Å². The number of fused-ring (bicyclic) bond motifs is 1. The van der Waals surface area contributed by atoms with Crippen molar-refractivity contribution >= 4 is 17.2 Å². The van der Waals surface area contributed by atoms with Crippen LogP contribution in [0.15, 0.2) is 60.9 Å². The second kappa shape index (κ2) is 7.88. The van der Waals surface area contributed by atoms with Crippen LogP contribution in [-0.2, 0) is 11.8 Å². The summed E-state index contributed by atoms with van der Waals surface area (Å²) in [6.07, 6.45) is 4.66. The van der Waals surface area contributed by atoms with Gasteiger partial charge in [0, 0.05) is 30.8 Å². The number of benzene rings is 1. The van der Waals surface area contributed by atoms with Crippen molar-refractivity contribution in [1.29, 1.82) is 0 Å². The summed E-state index contributed by atoms with van der Waals surface area (Å²) in [6.45, 7) is 0.120. The lowest BCUT2D eigenvalue weighted by atomic mass is 10.1. The van der Waals surface area contributed by atoms with Crippen LogP contribution in [0.1, 0.15) is 24.5 Å². The van der Waals surface area contributed by atoms with Crippen molar-refractivity contribution in [2.75, 3.05) is 11.9 Å². The number of pyridine rings is 1. The van der Waals surface area contributed by atoms with Gasteiger partial charge in [-0.05, 0) is 30.5 Å². The molecule has 3 aromatic heterocycles. The predicted octanol–water partition coefficient (Wildman–Crippen LogP) is 3.20. The van der Waals surface area contributed by atoms with E-state index in [9.17, 15) is 9.90 Å². The monoisotopic (exact) mass is 417 g/mol. The lowest BCUT2D eigenvalue weighted by molar-refractivity contribution is -0.117. The molecule has 8 heteroatoms. The third kappa shape index (κ3) is 4.02. The molecule has 1 saturated carbocycles. The Bertz CT molecular complexity index is 1230. The zero-order valence-corrected chi connectivity index (χ0v) is 17.1. The maximum Gasteiger partial charge on any atom is 0.228 e. The molecular formula is C23H23N5O3. The number of aromatic nitrogens is 4. The predicted molar refractivity (Wildman–Crippen MR) is 116 cm³/mol. The SMILES string of the molecule is Cn1ncc(OCC(O)c2ccccc2)c1-c1ccn2nc(NC(=O)C3CC3)cc2c1. The average Bonchev–Trinajstić information content (AvgIpc) is 3.47. The van der Waals surface area contributed by atoms with E-state index < -0.39 is 6.10 Å². The van der Waals surface area contributed by atoms with Crippen LogP contribution in [0.4, 0.5) is 5.82 Å². The van der Waals surface area contributed by atoms with Crippen molar-refractivity contribution in [3.8, 4) is 17.0 Å². The molecule has 1 unspecified atom stereocenters. The van der Waals surface area contributed by atoms with E-state index >= 15 is 0 Å². The highest BCUT2D eigenvalue weighted by Gasteiger charge is 2.30. The number of nitrogens with one attached hydrogen (secondary N) is 1. The van der Waals surface area contributed by atoms with Gasteiger partial charge in [-0.3, -0.25) is 9.48 Å². The summed E-state index contributed by atoms with van der Waals surface area (Å²) in [7, 11) is 1.84. The minimum Gasteiger partial charge on any atom is -0.487 e. The summed E-state index contributed by atoms with van der Waals surface area (Å²) in [5.41, 5.74) is 3.35. The van der Waals surface area contributed by atoms with E-state index in [1.165, 1.54) is 0 Å². The van der Waals surface area contributed by atoms with Crippen LogP contribution in [0.25, 0.3) is 16.8 Å². The summed E-state index contributed by atoms with van der Waals surface area (Å²) in [5, 5.41) is 22.0. The Labute approximate surface area is 179 Å². The highest BCUT2D eigenvalue weighted by Crippen LogP contribution is 2.32. The fraction of sp³-hybridized carbons (Fsp3) is 0.261. The Balaban J connectivity index is 1.37. The molecule has 31 heavy (non-hydrogen) atoms. The van der Waals surface area contributed by atoms with Gasteiger partial charge < -0.3 is 15.2 Å². The minimum atomic E-state index is -0.732. The van der Waals surface area contributed by atoms with Gasteiger partial charge in [0.1, 0.15) is 18.4 Å². The molecular weight excluding hydrogens is 394 g/mol. The number of nitrogens with zero attached hydrogens (tertiary/aromatic N) is 4. The molecule has 8 nitrogen and oxygen atoms in total. The Hall–Kier alpha value is -3.65. The minimum absolute atomic E-state index is 0.0305. The number of aliphatic hydroxyl groups is 1. The van der Waals surface area contributed by atoms with Crippen LogP contribution in [0.5, 0.6) is 5.75 Å². The number of aryl methyl sites for hydroxylation is 1. The second-order valence-electron chi connectivity index (χ2n) is 7.80. The first-order valence-corrected chi connectivity index (χ1v) is 10.3. The van der Waals surface area contributed by atoms with Crippen molar-refractivity contribution in [2.24, 2.45) is 13.0 Å². The van der Waals surface area contributed by atoms with Crippen LogP contribution in [0.3, 0.4) is 0 Å². The fourth-order valence-electron chi connectivity index (χ4n) is 3.57. The van der Waals surface area contributed by atoms with Gasteiger partial charge in [0.15, 0.2) is 11.6 Å². The van der Waals surface area contributed by atoms with Gasteiger partial charge >= 0.3 is 0 Å². The number of anilines is 1. The van der Waals surface area contributed by atoms with E-state index in [0.29, 0.717) is 11.6 Å². The number of carbonyl (C=O) groups is 1. The second-order valence-corrected chi connectivity index (χ2v) is 7.80. The average molecular weight is 417 g/mol. The Morgan fingerprint density at radius 1 is 1.26 bits per heavy atom. The molecule has 158 valence electrons.